The number of nitrogens with zero attached hydrogens (tertiary/aromatic N) is 3. The highest BCUT2D eigenvalue weighted by Crippen LogP contribution is 2.23. The van der Waals surface area contributed by atoms with Crippen molar-refractivity contribution in [1.82, 2.24) is 25.6 Å². The summed E-state index contributed by atoms with van der Waals surface area (Å²) < 4.78 is 42.1. The summed E-state index contributed by atoms with van der Waals surface area (Å²) >= 11 is 0. The molecule has 10 heteroatoms. The summed E-state index contributed by atoms with van der Waals surface area (Å²) in [6.45, 7) is 3.99. The Labute approximate surface area is 160 Å². The minimum absolute atomic E-state index is 0.243. The van der Waals surface area contributed by atoms with Crippen LogP contribution >= 0.6 is 0 Å². The fourth-order valence-corrected chi connectivity index (χ4v) is 3.21. The van der Waals surface area contributed by atoms with Crippen LogP contribution in [0.5, 0.6) is 5.75 Å². The second-order valence-electron chi connectivity index (χ2n) is 6.65. The maximum absolute atomic E-state index is 12.4. The minimum Gasteiger partial charge on any atom is -0.406 e. The van der Waals surface area contributed by atoms with Crippen LogP contribution in [0.25, 0.3) is 0 Å². The van der Waals surface area contributed by atoms with Gasteiger partial charge in [-0.2, -0.15) is 0 Å². The van der Waals surface area contributed by atoms with E-state index >= 15 is 0 Å². The molecule has 1 aliphatic heterocycles. The van der Waals surface area contributed by atoms with Gasteiger partial charge in [-0.25, -0.2) is 4.68 Å². The molecule has 0 spiro atoms. The van der Waals surface area contributed by atoms with Crippen molar-refractivity contribution in [1.29, 1.82) is 0 Å². The average molecular weight is 397 g/mol. The lowest BCUT2D eigenvalue weighted by molar-refractivity contribution is -0.274. The Morgan fingerprint density at radius 1 is 1.29 bits per heavy atom. The molecule has 1 aromatic heterocycles. The van der Waals surface area contributed by atoms with E-state index in [1.165, 1.54) is 24.3 Å². The molecule has 1 aromatic carbocycles. The van der Waals surface area contributed by atoms with Crippen molar-refractivity contribution in [2.24, 2.45) is 0 Å². The lowest BCUT2D eigenvalue weighted by atomic mass is 10.1. The molecule has 3 rings (SSSR count). The van der Waals surface area contributed by atoms with Crippen LogP contribution in [-0.4, -0.2) is 46.9 Å². The summed E-state index contributed by atoms with van der Waals surface area (Å²) in [7, 11) is 0. The van der Waals surface area contributed by atoms with Crippen LogP contribution in [0.1, 0.15) is 40.6 Å². The first kappa shape index (κ1) is 20.1. The number of amides is 1. The molecule has 0 atom stereocenters. The van der Waals surface area contributed by atoms with E-state index in [4.69, 9.17) is 0 Å². The topological polar surface area (TPSA) is 81.1 Å². The van der Waals surface area contributed by atoms with Crippen molar-refractivity contribution in [2.75, 3.05) is 19.6 Å². The quantitative estimate of drug-likeness (QED) is 0.782. The second kappa shape index (κ2) is 8.59. The van der Waals surface area contributed by atoms with Gasteiger partial charge in [-0.05, 0) is 57.0 Å². The molecule has 2 N–H and O–H groups in total. The maximum atomic E-state index is 12.4. The van der Waals surface area contributed by atoms with E-state index in [0.717, 1.165) is 37.2 Å². The third-order valence-corrected chi connectivity index (χ3v) is 4.65. The molecule has 7 nitrogen and oxygen atoms in total. The highest BCUT2D eigenvalue weighted by molar-refractivity contribution is 5.93. The zero-order valence-corrected chi connectivity index (χ0v) is 15.4. The smallest absolute Gasteiger partial charge is 0.406 e. The number of hydrogen-bond donors (Lipinski definition) is 2. The van der Waals surface area contributed by atoms with Gasteiger partial charge in [0, 0.05) is 6.54 Å². The molecule has 0 radical (unpaired) electrons. The van der Waals surface area contributed by atoms with Crippen molar-refractivity contribution in [2.45, 2.75) is 38.6 Å². The normalized spacial score (nSPS) is 15.4. The molecule has 2 heterocycles. The number of alkyl halides is 3. The Bertz CT molecular complexity index is 799. The molecular weight excluding hydrogens is 375 g/mol. The molecular formula is C18H22F3N5O2. The molecule has 1 saturated heterocycles. The first-order valence-corrected chi connectivity index (χ1v) is 9.09. The molecule has 152 valence electrons. The van der Waals surface area contributed by atoms with E-state index in [1.54, 1.807) is 0 Å². The van der Waals surface area contributed by atoms with Crippen molar-refractivity contribution in [3.05, 3.63) is 41.2 Å². The average Bonchev–Trinajstić information content (AvgIpc) is 3.04. The zero-order valence-electron chi connectivity index (χ0n) is 15.4. The fraction of sp³-hybridized carbons (Fsp3) is 0.500. The standard InChI is InChI=1S/C18H22F3N5O2/c1-12-16(24-25-26(12)14-7-9-22-10-8-14)17(27)23-11-6-13-2-4-15(5-3-13)28-18(19,20)21/h2-5,14,22H,6-11H2,1H3,(H,23,27). The summed E-state index contributed by atoms with van der Waals surface area (Å²) in [5.74, 6) is -0.583. The van der Waals surface area contributed by atoms with Crippen molar-refractivity contribution >= 4 is 5.91 Å². The van der Waals surface area contributed by atoms with Gasteiger partial charge in [-0.3, -0.25) is 4.79 Å². The van der Waals surface area contributed by atoms with Gasteiger partial charge < -0.3 is 15.4 Å². The first-order chi connectivity index (χ1) is 13.3. The van der Waals surface area contributed by atoms with Gasteiger partial charge in [-0.1, -0.05) is 17.3 Å². The summed E-state index contributed by atoms with van der Waals surface area (Å²) in [6.07, 6.45) is -2.35. The highest BCUT2D eigenvalue weighted by atomic mass is 19.4. The van der Waals surface area contributed by atoms with Crippen LogP contribution in [0.3, 0.4) is 0 Å². The van der Waals surface area contributed by atoms with Gasteiger partial charge in [0.05, 0.1) is 11.7 Å². The molecule has 0 unspecified atom stereocenters. The van der Waals surface area contributed by atoms with E-state index in [9.17, 15) is 18.0 Å². The van der Waals surface area contributed by atoms with Gasteiger partial charge in [0.25, 0.3) is 5.91 Å². The number of rotatable bonds is 6. The largest absolute Gasteiger partial charge is 0.573 e. The van der Waals surface area contributed by atoms with E-state index in [0.29, 0.717) is 18.7 Å². The van der Waals surface area contributed by atoms with Crippen LogP contribution in [0.15, 0.2) is 24.3 Å². The zero-order chi connectivity index (χ0) is 20.1. The molecule has 1 fully saturated rings. The van der Waals surface area contributed by atoms with Crippen molar-refractivity contribution in [3.8, 4) is 5.75 Å². The first-order valence-electron chi connectivity index (χ1n) is 9.09. The van der Waals surface area contributed by atoms with Gasteiger partial charge in [0.15, 0.2) is 5.69 Å². The predicted octanol–water partition coefficient (Wildman–Crippen LogP) is 2.38. The lowest BCUT2D eigenvalue weighted by Gasteiger charge is -2.23. The Morgan fingerprint density at radius 3 is 2.61 bits per heavy atom. The Kier molecular flexibility index (Phi) is 6.18. The third kappa shape index (κ3) is 5.22. The van der Waals surface area contributed by atoms with E-state index in [2.05, 4.69) is 25.7 Å². The van der Waals surface area contributed by atoms with E-state index < -0.39 is 6.36 Å². The van der Waals surface area contributed by atoms with Gasteiger partial charge in [0.2, 0.25) is 0 Å². The number of halogens is 3. The Hall–Kier alpha value is -2.62. The number of ether oxygens (including phenoxy) is 1. The van der Waals surface area contributed by atoms with Gasteiger partial charge in [0.1, 0.15) is 5.75 Å². The Balaban J connectivity index is 1.51. The van der Waals surface area contributed by atoms with Crippen LogP contribution in [0.2, 0.25) is 0 Å². The molecule has 0 bridgehead atoms. The van der Waals surface area contributed by atoms with Crippen molar-refractivity contribution < 1.29 is 22.7 Å². The molecule has 0 aliphatic carbocycles. The summed E-state index contributed by atoms with van der Waals surface area (Å²) in [5.41, 5.74) is 1.82. The predicted molar refractivity (Wildman–Crippen MR) is 95.1 cm³/mol. The fourth-order valence-electron chi connectivity index (χ4n) is 3.21. The summed E-state index contributed by atoms with van der Waals surface area (Å²) in [5, 5.41) is 14.2. The monoisotopic (exact) mass is 397 g/mol. The number of carbonyl (C=O) groups excluding carboxylic acids is 1. The van der Waals surface area contributed by atoms with Crippen LogP contribution < -0.4 is 15.4 Å². The van der Waals surface area contributed by atoms with Crippen LogP contribution in [-0.2, 0) is 6.42 Å². The van der Waals surface area contributed by atoms with Gasteiger partial charge in [-0.15, -0.1) is 18.3 Å². The second-order valence-corrected chi connectivity index (χ2v) is 6.65. The van der Waals surface area contributed by atoms with Crippen LogP contribution in [0.4, 0.5) is 13.2 Å². The SMILES string of the molecule is Cc1c(C(=O)NCCc2ccc(OC(F)(F)F)cc2)nnn1C1CCNCC1. The van der Waals surface area contributed by atoms with E-state index in [-0.39, 0.29) is 17.7 Å². The third-order valence-electron chi connectivity index (χ3n) is 4.65. The van der Waals surface area contributed by atoms with Crippen LogP contribution in [0, 0.1) is 6.92 Å². The lowest BCUT2D eigenvalue weighted by Crippen LogP contribution is -2.30. The Morgan fingerprint density at radius 2 is 1.96 bits per heavy atom. The highest BCUT2D eigenvalue weighted by Gasteiger charge is 2.31. The summed E-state index contributed by atoms with van der Waals surface area (Å²) in [4.78, 5) is 12.4. The minimum atomic E-state index is -4.71. The number of carbonyl (C=O) groups is 1. The maximum Gasteiger partial charge on any atom is 0.573 e. The van der Waals surface area contributed by atoms with Crippen molar-refractivity contribution in [3.63, 3.8) is 0 Å². The molecule has 1 amide bonds. The number of aromatic nitrogens is 3. The molecule has 28 heavy (non-hydrogen) atoms. The molecule has 1 aliphatic rings. The number of benzene rings is 1. The van der Waals surface area contributed by atoms with Gasteiger partial charge >= 0.3 is 6.36 Å². The molecule has 0 saturated carbocycles. The number of hydrogen-bond acceptors (Lipinski definition) is 5. The van der Waals surface area contributed by atoms with E-state index in [1.807, 2.05) is 11.6 Å². The molecule has 2 aromatic rings. The number of nitrogens with one attached hydrogen (secondary N) is 2. The summed E-state index contributed by atoms with van der Waals surface area (Å²) in [6, 6.07) is 5.81. The number of piperidine rings is 1.